The van der Waals surface area contributed by atoms with Gasteiger partial charge >= 0.3 is 0 Å². The summed E-state index contributed by atoms with van der Waals surface area (Å²) in [5, 5.41) is 3.07. The van der Waals surface area contributed by atoms with Gasteiger partial charge in [-0.25, -0.2) is 9.50 Å². The van der Waals surface area contributed by atoms with Crippen LogP contribution in [0.5, 0.6) is 0 Å². The molecule has 2 aromatic heterocycles. The molecule has 0 unspecified atom stereocenters. The Labute approximate surface area is 92.7 Å². The van der Waals surface area contributed by atoms with Crippen molar-refractivity contribution >= 4 is 5.65 Å². The Morgan fingerprint density at radius 1 is 1.25 bits per heavy atom. The third-order valence-electron chi connectivity index (χ3n) is 2.69. The Bertz CT molecular complexity index is 592. The van der Waals surface area contributed by atoms with Gasteiger partial charge < -0.3 is 10.8 Å². The SMILES string of the molecule is NCc1ccccc1-c1cn2[nH]ccc2n1. The van der Waals surface area contributed by atoms with Crippen molar-refractivity contribution in [2.75, 3.05) is 0 Å². The number of hydrogen-bond donors (Lipinski definition) is 2. The molecule has 0 saturated heterocycles. The van der Waals surface area contributed by atoms with Crippen molar-refractivity contribution < 1.29 is 0 Å². The topological polar surface area (TPSA) is 59.1 Å². The number of rotatable bonds is 2. The molecule has 2 heterocycles. The van der Waals surface area contributed by atoms with Gasteiger partial charge in [0, 0.05) is 24.4 Å². The Morgan fingerprint density at radius 3 is 2.94 bits per heavy atom. The molecule has 3 aromatic rings. The van der Waals surface area contributed by atoms with Crippen LogP contribution in [-0.4, -0.2) is 14.6 Å². The van der Waals surface area contributed by atoms with Crippen molar-refractivity contribution in [2.45, 2.75) is 6.54 Å². The van der Waals surface area contributed by atoms with Crippen LogP contribution in [0.4, 0.5) is 0 Å². The number of hydrogen-bond acceptors (Lipinski definition) is 2. The lowest BCUT2D eigenvalue weighted by Crippen LogP contribution is -1.98. The highest BCUT2D eigenvalue weighted by Gasteiger charge is 2.07. The first-order valence-electron chi connectivity index (χ1n) is 5.19. The van der Waals surface area contributed by atoms with E-state index in [0.29, 0.717) is 6.54 Å². The summed E-state index contributed by atoms with van der Waals surface area (Å²) < 4.78 is 1.89. The number of fused-ring (bicyclic) bond motifs is 1. The highest BCUT2D eigenvalue weighted by atomic mass is 15.2. The zero-order valence-electron chi connectivity index (χ0n) is 8.72. The fourth-order valence-electron chi connectivity index (χ4n) is 1.89. The smallest absolute Gasteiger partial charge is 0.153 e. The van der Waals surface area contributed by atoms with Crippen LogP contribution in [0.3, 0.4) is 0 Å². The lowest BCUT2D eigenvalue weighted by molar-refractivity contribution is 0.973. The van der Waals surface area contributed by atoms with Gasteiger partial charge in [0.25, 0.3) is 0 Å². The van der Waals surface area contributed by atoms with Crippen LogP contribution in [0.15, 0.2) is 42.7 Å². The minimum Gasteiger partial charge on any atom is -0.326 e. The summed E-state index contributed by atoms with van der Waals surface area (Å²) in [5.74, 6) is 0. The van der Waals surface area contributed by atoms with Gasteiger partial charge in [0.15, 0.2) is 5.65 Å². The molecule has 0 aliphatic heterocycles. The van der Waals surface area contributed by atoms with Crippen molar-refractivity contribution in [3.63, 3.8) is 0 Å². The van der Waals surface area contributed by atoms with E-state index in [0.717, 1.165) is 22.5 Å². The Balaban J connectivity index is 2.18. The fraction of sp³-hybridized carbons (Fsp3) is 0.0833. The largest absolute Gasteiger partial charge is 0.326 e. The average Bonchev–Trinajstić information content (AvgIpc) is 2.89. The minimum atomic E-state index is 0.529. The van der Waals surface area contributed by atoms with E-state index < -0.39 is 0 Å². The van der Waals surface area contributed by atoms with Crippen molar-refractivity contribution in [3.05, 3.63) is 48.3 Å². The van der Waals surface area contributed by atoms with Gasteiger partial charge in [-0.05, 0) is 5.56 Å². The molecule has 0 aliphatic carbocycles. The summed E-state index contributed by atoms with van der Waals surface area (Å²) in [6.45, 7) is 0.529. The summed E-state index contributed by atoms with van der Waals surface area (Å²) in [6, 6.07) is 10.0. The molecule has 0 spiro atoms. The van der Waals surface area contributed by atoms with Gasteiger partial charge in [-0.1, -0.05) is 24.3 Å². The summed E-state index contributed by atoms with van der Waals surface area (Å²) in [5.41, 5.74) is 9.80. The predicted octanol–water partition coefficient (Wildman–Crippen LogP) is 1.79. The number of aromatic amines is 1. The number of nitrogens with zero attached hydrogens (tertiary/aromatic N) is 2. The summed E-state index contributed by atoms with van der Waals surface area (Å²) in [6.07, 6.45) is 3.84. The first-order chi connectivity index (χ1) is 7.88. The number of benzene rings is 1. The molecular formula is C12H12N4. The first kappa shape index (κ1) is 9.18. The van der Waals surface area contributed by atoms with E-state index >= 15 is 0 Å². The number of imidazole rings is 1. The van der Waals surface area contributed by atoms with E-state index in [-0.39, 0.29) is 0 Å². The van der Waals surface area contributed by atoms with Crippen LogP contribution in [0.1, 0.15) is 5.56 Å². The summed E-state index contributed by atoms with van der Waals surface area (Å²) >= 11 is 0. The van der Waals surface area contributed by atoms with Gasteiger partial charge in [-0.3, -0.25) is 0 Å². The molecule has 1 aromatic carbocycles. The van der Waals surface area contributed by atoms with Gasteiger partial charge in [-0.15, -0.1) is 0 Å². The molecular weight excluding hydrogens is 200 g/mol. The van der Waals surface area contributed by atoms with Crippen LogP contribution in [-0.2, 0) is 6.54 Å². The Kier molecular flexibility index (Phi) is 2.01. The predicted molar refractivity (Wildman–Crippen MR) is 62.9 cm³/mol. The normalized spacial score (nSPS) is 11.1. The standard InChI is InChI=1S/C12H12N4/c13-7-9-3-1-2-4-10(9)11-8-16-12(15-11)5-6-14-16/h1-6,8,14H,7,13H2. The molecule has 4 heteroatoms. The van der Waals surface area contributed by atoms with Gasteiger partial charge in [0.2, 0.25) is 0 Å². The molecule has 0 radical (unpaired) electrons. The lowest BCUT2D eigenvalue weighted by Gasteiger charge is -2.03. The monoisotopic (exact) mass is 212 g/mol. The fourth-order valence-corrected chi connectivity index (χ4v) is 1.89. The van der Waals surface area contributed by atoms with E-state index in [9.17, 15) is 0 Å². The van der Waals surface area contributed by atoms with Crippen LogP contribution >= 0.6 is 0 Å². The first-order valence-corrected chi connectivity index (χ1v) is 5.19. The van der Waals surface area contributed by atoms with Crippen LogP contribution in [0.2, 0.25) is 0 Å². The number of nitrogens with one attached hydrogen (secondary N) is 1. The van der Waals surface area contributed by atoms with Crippen molar-refractivity contribution in [2.24, 2.45) is 5.73 Å². The van der Waals surface area contributed by atoms with E-state index in [1.165, 1.54) is 0 Å². The Morgan fingerprint density at radius 2 is 2.12 bits per heavy atom. The van der Waals surface area contributed by atoms with Gasteiger partial charge in [0.1, 0.15) is 0 Å². The maximum Gasteiger partial charge on any atom is 0.153 e. The molecule has 0 bridgehead atoms. The second kappa shape index (κ2) is 3.50. The molecule has 4 nitrogen and oxygen atoms in total. The summed E-state index contributed by atoms with van der Waals surface area (Å²) in [4.78, 5) is 4.53. The molecule has 80 valence electrons. The quantitative estimate of drug-likeness (QED) is 0.680. The molecule has 0 saturated carbocycles. The molecule has 0 aliphatic rings. The number of nitrogens with two attached hydrogens (primary N) is 1. The lowest BCUT2D eigenvalue weighted by atomic mass is 10.1. The van der Waals surface area contributed by atoms with Gasteiger partial charge in [0.05, 0.1) is 11.9 Å². The number of H-pyrrole nitrogens is 1. The van der Waals surface area contributed by atoms with Crippen LogP contribution < -0.4 is 5.73 Å². The maximum absolute atomic E-state index is 5.72. The van der Waals surface area contributed by atoms with Crippen LogP contribution in [0.25, 0.3) is 16.9 Å². The van der Waals surface area contributed by atoms with Crippen molar-refractivity contribution in [1.29, 1.82) is 0 Å². The highest BCUT2D eigenvalue weighted by Crippen LogP contribution is 2.22. The molecule has 0 atom stereocenters. The van der Waals surface area contributed by atoms with E-state index in [4.69, 9.17) is 5.73 Å². The van der Waals surface area contributed by atoms with E-state index in [1.54, 1.807) is 0 Å². The third kappa shape index (κ3) is 1.31. The molecule has 3 rings (SSSR count). The minimum absolute atomic E-state index is 0.529. The van der Waals surface area contributed by atoms with Crippen molar-refractivity contribution in [1.82, 2.24) is 14.6 Å². The number of aromatic nitrogens is 3. The molecule has 0 amide bonds. The zero-order valence-corrected chi connectivity index (χ0v) is 8.72. The second-order valence-corrected chi connectivity index (χ2v) is 3.68. The third-order valence-corrected chi connectivity index (χ3v) is 2.69. The van der Waals surface area contributed by atoms with Crippen LogP contribution in [0, 0.1) is 0 Å². The van der Waals surface area contributed by atoms with E-state index in [2.05, 4.69) is 10.1 Å². The molecule has 16 heavy (non-hydrogen) atoms. The van der Waals surface area contributed by atoms with Gasteiger partial charge in [-0.2, -0.15) is 0 Å². The second-order valence-electron chi connectivity index (χ2n) is 3.68. The highest BCUT2D eigenvalue weighted by molar-refractivity contribution is 5.65. The van der Waals surface area contributed by atoms with Crippen molar-refractivity contribution in [3.8, 4) is 11.3 Å². The zero-order chi connectivity index (χ0) is 11.0. The Hall–Kier alpha value is -2.07. The molecule has 3 N–H and O–H groups in total. The maximum atomic E-state index is 5.72. The van der Waals surface area contributed by atoms with E-state index in [1.807, 2.05) is 47.2 Å². The summed E-state index contributed by atoms with van der Waals surface area (Å²) in [7, 11) is 0. The average molecular weight is 212 g/mol. The molecule has 0 fully saturated rings.